The van der Waals surface area contributed by atoms with Crippen LogP contribution in [0.1, 0.15) is 11.5 Å². The van der Waals surface area contributed by atoms with E-state index in [4.69, 9.17) is 0 Å². The van der Waals surface area contributed by atoms with Crippen LogP contribution < -0.4 is 21.5 Å². The quantitative estimate of drug-likeness (QED) is 0.352. The lowest BCUT2D eigenvalue weighted by Gasteiger charge is -2.15. The van der Waals surface area contributed by atoms with Gasteiger partial charge in [0.15, 0.2) is 0 Å². The molecule has 0 aliphatic rings. The highest BCUT2D eigenvalue weighted by molar-refractivity contribution is 5.78. The molecule has 4 aromatic rings. The maximum absolute atomic E-state index is 14.4. The molecule has 0 unspecified atom stereocenters. The number of nitrogens with zero attached hydrogens (tertiary/aromatic N) is 3. The molecule has 0 amide bonds. The molecule has 0 saturated carbocycles. The van der Waals surface area contributed by atoms with E-state index in [2.05, 4.69) is 30.3 Å². The molecule has 0 spiro atoms. The molecule has 8 nitrogen and oxygen atoms in total. The summed E-state index contributed by atoms with van der Waals surface area (Å²) in [5.74, 6) is -3.01. The van der Waals surface area contributed by atoms with Gasteiger partial charge in [-0.3, -0.25) is 14.6 Å². The molecule has 0 aliphatic carbocycles. The third kappa shape index (κ3) is 3.99. The molecule has 12 heteroatoms. The summed E-state index contributed by atoms with van der Waals surface area (Å²) in [4.78, 5) is 30.7. The molecule has 0 bridgehead atoms. The van der Waals surface area contributed by atoms with Crippen LogP contribution in [0.25, 0.3) is 11.4 Å². The summed E-state index contributed by atoms with van der Waals surface area (Å²) in [5.41, 5.74) is -0.753. The van der Waals surface area contributed by atoms with E-state index in [0.29, 0.717) is 11.3 Å². The van der Waals surface area contributed by atoms with Crippen LogP contribution in [0.5, 0.6) is 0 Å². The minimum absolute atomic E-state index is 0.0240. The average molecular weight is 433 g/mol. The van der Waals surface area contributed by atoms with Gasteiger partial charge in [0.05, 0.1) is 17.4 Å². The van der Waals surface area contributed by atoms with Crippen LogP contribution in [0.3, 0.4) is 0 Å². The summed E-state index contributed by atoms with van der Waals surface area (Å²) < 4.78 is 56.2. The Hall–Kier alpha value is -4.09. The second-order valence-electron chi connectivity index (χ2n) is 6.36. The van der Waals surface area contributed by atoms with Gasteiger partial charge in [-0.2, -0.15) is 18.2 Å². The highest BCUT2D eigenvalue weighted by Crippen LogP contribution is 2.30. The summed E-state index contributed by atoms with van der Waals surface area (Å²) in [7, 11) is 0. The van der Waals surface area contributed by atoms with E-state index in [1.165, 1.54) is 18.3 Å². The fourth-order valence-electron chi connectivity index (χ4n) is 2.75. The average Bonchev–Trinajstić information content (AvgIpc) is 3.24. The molecule has 0 radical (unpaired) electrons. The van der Waals surface area contributed by atoms with Gasteiger partial charge < -0.3 is 15.2 Å². The molecule has 2 heterocycles. The van der Waals surface area contributed by atoms with E-state index < -0.39 is 34.6 Å². The lowest BCUT2D eigenvalue weighted by atomic mass is 10.1. The molecular weight excluding hydrogens is 422 g/mol. The maximum atomic E-state index is 14.4. The molecular formula is C19H11F4N5O3. The molecule has 158 valence electrons. The van der Waals surface area contributed by atoms with Crippen LogP contribution in [0.4, 0.5) is 34.6 Å². The molecule has 2 aromatic heterocycles. The number of hydrogen-bond acceptors (Lipinski definition) is 8. The standard InChI is InChI=1S/C19H11F4N5O3/c20-12-6-9(3-4-11(12)17-27-18(31-28-17)19(21,22)23)7-25-13-14(16(30)15(13)29)26-10-2-1-5-24-8-10/h1-6,8,25-26H,7H2. The fourth-order valence-corrected chi connectivity index (χ4v) is 2.75. The maximum Gasteiger partial charge on any atom is 0.471 e. The second kappa shape index (κ2) is 7.63. The largest absolute Gasteiger partial charge is 0.471 e. The van der Waals surface area contributed by atoms with Gasteiger partial charge in [-0.25, -0.2) is 4.39 Å². The molecule has 31 heavy (non-hydrogen) atoms. The van der Waals surface area contributed by atoms with Crippen molar-refractivity contribution in [3.05, 3.63) is 80.4 Å². The van der Waals surface area contributed by atoms with Gasteiger partial charge in [-0.15, -0.1) is 0 Å². The van der Waals surface area contributed by atoms with E-state index in [1.54, 1.807) is 18.3 Å². The Morgan fingerprint density at radius 3 is 2.48 bits per heavy atom. The van der Waals surface area contributed by atoms with Gasteiger partial charge in [0.25, 0.3) is 10.9 Å². The first-order chi connectivity index (χ1) is 14.7. The van der Waals surface area contributed by atoms with Crippen molar-refractivity contribution in [1.29, 1.82) is 0 Å². The number of rotatable bonds is 6. The minimum Gasteiger partial charge on any atom is -0.376 e. The van der Waals surface area contributed by atoms with Crippen molar-refractivity contribution in [2.24, 2.45) is 0 Å². The molecule has 0 fully saturated rings. The topological polar surface area (TPSA) is 110 Å². The first-order valence-electron chi connectivity index (χ1n) is 8.68. The number of nitrogens with one attached hydrogen (secondary N) is 2. The monoisotopic (exact) mass is 433 g/mol. The van der Waals surface area contributed by atoms with Crippen LogP contribution in [-0.4, -0.2) is 15.1 Å². The summed E-state index contributed by atoms with van der Waals surface area (Å²) in [6, 6.07) is 6.95. The van der Waals surface area contributed by atoms with Crippen molar-refractivity contribution >= 4 is 17.1 Å². The number of aromatic nitrogens is 3. The Balaban J connectivity index is 1.49. The van der Waals surface area contributed by atoms with E-state index in [9.17, 15) is 27.2 Å². The Morgan fingerprint density at radius 1 is 1.06 bits per heavy atom. The fraction of sp³-hybridized carbons (Fsp3) is 0.105. The zero-order valence-electron chi connectivity index (χ0n) is 15.3. The van der Waals surface area contributed by atoms with Gasteiger partial charge in [-0.1, -0.05) is 11.2 Å². The van der Waals surface area contributed by atoms with Crippen molar-refractivity contribution in [2.75, 3.05) is 10.6 Å². The lowest BCUT2D eigenvalue weighted by Crippen LogP contribution is -2.36. The molecule has 0 aliphatic heterocycles. The second-order valence-corrected chi connectivity index (χ2v) is 6.36. The summed E-state index contributed by atoms with van der Waals surface area (Å²) in [6.45, 7) is -0.0240. The summed E-state index contributed by atoms with van der Waals surface area (Å²) >= 11 is 0. The zero-order chi connectivity index (χ0) is 22.2. The van der Waals surface area contributed by atoms with Crippen molar-refractivity contribution in [3.8, 4) is 11.4 Å². The van der Waals surface area contributed by atoms with Crippen LogP contribution in [-0.2, 0) is 12.7 Å². The van der Waals surface area contributed by atoms with Crippen LogP contribution in [0.15, 0.2) is 56.8 Å². The Labute approximate surface area is 170 Å². The molecule has 4 rings (SSSR count). The number of alkyl halides is 3. The van der Waals surface area contributed by atoms with Gasteiger partial charge in [0.1, 0.15) is 17.2 Å². The first kappa shape index (κ1) is 20.2. The summed E-state index contributed by atoms with van der Waals surface area (Å²) in [5, 5.41) is 8.69. The van der Waals surface area contributed by atoms with E-state index in [0.717, 1.165) is 6.07 Å². The van der Waals surface area contributed by atoms with Crippen molar-refractivity contribution in [1.82, 2.24) is 15.1 Å². The third-order valence-electron chi connectivity index (χ3n) is 4.25. The number of benzene rings is 1. The van der Waals surface area contributed by atoms with Gasteiger partial charge in [0.2, 0.25) is 5.82 Å². The van der Waals surface area contributed by atoms with Crippen molar-refractivity contribution in [3.63, 3.8) is 0 Å². The molecule has 0 saturated heterocycles. The predicted octanol–water partition coefficient (Wildman–Crippen LogP) is 3.24. The van der Waals surface area contributed by atoms with Crippen LogP contribution >= 0.6 is 0 Å². The van der Waals surface area contributed by atoms with Crippen molar-refractivity contribution in [2.45, 2.75) is 12.7 Å². The summed E-state index contributed by atoms with van der Waals surface area (Å²) in [6.07, 6.45) is -1.83. The number of hydrogen-bond donors (Lipinski definition) is 2. The Bertz CT molecular complexity index is 1310. The molecule has 2 aromatic carbocycles. The van der Waals surface area contributed by atoms with Gasteiger partial charge in [0, 0.05) is 12.7 Å². The number of pyridine rings is 1. The minimum atomic E-state index is -4.84. The van der Waals surface area contributed by atoms with E-state index >= 15 is 0 Å². The van der Waals surface area contributed by atoms with Crippen molar-refractivity contribution < 1.29 is 22.1 Å². The third-order valence-corrected chi connectivity index (χ3v) is 4.25. The van der Waals surface area contributed by atoms with Gasteiger partial charge in [-0.05, 0) is 29.8 Å². The number of halogens is 4. The van der Waals surface area contributed by atoms with Crippen LogP contribution in [0, 0.1) is 5.82 Å². The smallest absolute Gasteiger partial charge is 0.376 e. The van der Waals surface area contributed by atoms with E-state index in [-0.39, 0.29) is 23.5 Å². The number of anilines is 3. The highest BCUT2D eigenvalue weighted by Gasteiger charge is 2.38. The molecule has 2 N–H and O–H groups in total. The van der Waals surface area contributed by atoms with E-state index in [1.807, 2.05) is 0 Å². The predicted molar refractivity (Wildman–Crippen MR) is 101 cm³/mol. The Morgan fingerprint density at radius 2 is 1.84 bits per heavy atom. The highest BCUT2D eigenvalue weighted by atomic mass is 19.4. The first-order valence-corrected chi connectivity index (χ1v) is 8.68. The van der Waals surface area contributed by atoms with Crippen LogP contribution in [0.2, 0.25) is 0 Å². The lowest BCUT2D eigenvalue weighted by molar-refractivity contribution is -0.159. The molecule has 0 atom stereocenters. The zero-order valence-corrected chi connectivity index (χ0v) is 15.3. The SMILES string of the molecule is O=c1c(NCc2ccc(-c3noc(C(F)(F)F)n3)c(F)c2)c(Nc2cccnc2)c1=O. The normalized spacial score (nSPS) is 11.6. The van der Waals surface area contributed by atoms with Gasteiger partial charge >= 0.3 is 12.1 Å². The Kier molecular flexibility index (Phi) is 4.97.